The van der Waals surface area contributed by atoms with Crippen LogP contribution in [0.5, 0.6) is 0 Å². The predicted molar refractivity (Wildman–Crippen MR) is 60.3 cm³/mol. The van der Waals surface area contributed by atoms with E-state index in [4.69, 9.17) is 23.2 Å². The maximum absolute atomic E-state index is 9.42. The lowest BCUT2D eigenvalue weighted by atomic mass is 10.1. The third-order valence-electron chi connectivity index (χ3n) is 1.91. The number of hydrogen-bond donors (Lipinski definition) is 1. The van der Waals surface area contributed by atoms with E-state index in [9.17, 15) is 5.11 Å². The molecule has 0 aliphatic carbocycles. The molecule has 2 aromatic rings. The molecule has 0 aliphatic heterocycles. The smallest absolute Gasteiger partial charge is 0.136 e. The van der Waals surface area contributed by atoms with E-state index < -0.39 is 6.10 Å². The number of nitrogens with zero attached hydrogens (tertiary/aromatic N) is 1. The Bertz CT molecular complexity index is 481. The molecule has 0 radical (unpaired) electrons. The summed E-state index contributed by atoms with van der Waals surface area (Å²) in [4.78, 5) is 4.95. The van der Waals surface area contributed by atoms with Gasteiger partial charge >= 0.3 is 0 Å². The van der Waals surface area contributed by atoms with E-state index >= 15 is 0 Å². The van der Waals surface area contributed by atoms with Crippen molar-refractivity contribution >= 4 is 44.8 Å². The highest BCUT2D eigenvalue weighted by atomic mass is 35.5. The zero-order chi connectivity index (χ0) is 10.3. The van der Waals surface area contributed by atoms with Crippen molar-refractivity contribution < 1.29 is 5.11 Å². The Morgan fingerprint density at radius 1 is 1.43 bits per heavy atom. The second-order valence-corrected chi connectivity index (χ2v) is 5.01. The molecule has 2 rings (SSSR count). The molecule has 74 valence electrons. The van der Waals surface area contributed by atoms with Gasteiger partial charge in [-0.05, 0) is 19.1 Å². The van der Waals surface area contributed by atoms with E-state index in [1.165, 1.54) is 11.3 Å². The van der Waals surface area contributed by atoms with Crippen LogP contribution in [0.25, 0.3) is 10.2 Å². The molecular weight excluding hydrogens is 241 g/mol. The van der Waals surface area contributed by atoms with Gasteiger partial charge in [-0.3, -0.25) is 0 Å². The lowest BCUT2D eigenvalue weighted by Gasteiger charge is -2.05. The lowest BCUT2D eigenvalue weighted by Crippen LogP contribution is -1.93. The van der Waals surface area contributed by atoms with Gasteiger partial charge in [0, 0.05) is 10.9 Å². The van der Waals surface area contributed by atoms with Crippen LogP contribution in [0.4, 0.5) is 0 Å². The molecule has 0 saturated heterocycles. The number of rotatable bonds is 1. The number of thiophene rings is 1. The van der Waals surface area contributed by atoms with Crippen molar-refractivity contribution in [1.82, 2.24) is 4.98 Å². The van der Waals surface area contributed by atoms with Crippen LogP contribution < -0.4 is 0 Å². The molecule has 2 heterocycles. The highest BCUT2D eigenvalue weighted by molar-refractivity contribution is 7.22. The van der Waals surface area contributed by atoms with Gasteiger partial charge in [-0.15, -0.1) is 11.3 Å². The van der Waals surface area contributed by atoms with E-state index in [1.807, 2.05) is 12.1 Å². The largest absolute Gasteiger partial charge is 0.389 e. The van der Waals surface area contributed by atoms with E-state index in [1.54, 1.807) is 6.92 Å². The van der Waals surface area contributed by atoms with Crippen LogP contribution in [0.2, 0.25) is 9.49 Å². The summed E-state index contributed by atoms with van der Waals surface area (Å²) < 4.78 is 0.673. The Labute approximate surface area is 95.1 Å². The first-order chi connectivity index (χ1) is 6.58. The van der Waals surface area contributed by atoms with Crippen molar-refractivity contribution in [1.29, 1.82) is 0 Å². The van der Waals surface area contributed by atoms with Gasteiger partial charge in [0.15, 0.2) is 0 Å². The van der Waals surface area contributed by atoms with Gasteiger partial charge in [0.05, 0.1) is 10.4 Å². The van der Waals surface area contributed by atoms with Crippen LogP contribution in [0, 0.1) is 0 Å². The van der Waals surface area contributed by atoms with Crippen LogP contribution in [0.1, 0.15) is 18.6 Å². The van der Waals surface area contributed by atoms with Crippen molar-refractivity contribution in [3.8, 4) is 0 Å². The minimum absolute atomic E-state index is 0.339. The van der Waals surface area contributed by atoms with Crippen molar-refractivity contribution in [2.24, 2.45) is 0 Å². The summed E-state index contributed by atoms with van der Waals surface area (Å²) in [5, 5.41) is 10.7. The first-order valence-corrected chi connectivity index (χ1v) is 5.58. The second-order valence-electron chi connectivity index (χ2n) is 2.99. The summed E-state index contributed by atoms with van der Waals surface area (Å²) in [5.41, 5.74) is 0.633. The SMILES string of the molecule is CC(O)c1cc2cc(Cl)sc2nc1Cl. The third-order valence-corrected chi connectivity index (χ3v) is 3.39. The average Bonchev–Trinajstić information content (AvgIpc) is 2.42. The van der Waals surface area contributed by atoms with E-state index in [-0.39, 0.29) is 0 Å². The van der Waals surface area contributed by atoms with Crippen molar-refractivity contribution in [2.45, 2.75) is 13.0 Å². The molecule has 1 unspecified atom stereocenters. The maximum Gasteiger partial charge on any atom is 0.136 e. The Hall–Kier alpha value is -0.350. The lowest BCUT2D eigenvalue weighted by molar-refractivity contribution is 0.199. The summed E-state index contributed by atoms with van der Waals surface area (Å²) in [6, 6.07) is 3.63. The Kier molecular flexibility index (Phi) is 2.66. The number of halogens is 2. The fraction of sp³-hybridized carbons (Fsp3) is 0.222. The summed E-state index contributed by atoms with van der Waals surface area (Å²) >= 11 is 13.1. The minimum atomic E-state index is -0.613. The number of hydrogen-bond acceptors (Lipinski definition) is 3. The zero-order valence-electron chi connectivity index (χ0n) is 7.29. The molecular formula is C9H7Cl2NOS. The van der Waals surface area contributed by atoms with Crippen LogP contribution in [-0.4, -0.2) is 10.1 Å². The summed E-state index contributed by atoms with van der Waals surface area (Å²) in [6.07, 6.45) is -0.613. The molecule has 5 heteroatoms. The van der Waals surface area contributed by atoms with Crippen molar-refractivity contribution in [3.05, 3.63) is 27.2 Å². The first kappa shape index (κ1) is 10.2. The summed E-state index contributed by atoms with van der Waals surface area (Å²) in [5.74, 6) is 0. The molecule has 0 bridgehead atoms. The van der Waals surface area contributed by atoms with Gasteiger partial charge in [-0.25, -0.2) is 4.98 Å². The first-order valence-electron chi connectivity index (χ1n) is 4.01. The summed E-state index contributed by atoms with van der Waals surface area (Å²) in [7, 11) is 0. The van der Waals surface area contributed by atoms with Gasteiger partial charge < -0.3 is 5.11 Å². The number of aliphatic hydroxyl groups excluding tert-OH is 1. The number of fused-ring (bicyclic) bond motifs is 1. The monoisotopic (exact) mass is 247 g/mol. The van der Waals surface area contributed by atoms with Gasteiger partial charge in [-0.2, -0.15) is 0 Å². The average molecular weight is 248 g/mol. The number of pyridine rings is 1. The topological polar surface area (TPSA) is 33.1 Å². The Morgan fingerprint density at radius 2 is 2.14 bits per heavy atom. The molecule has 0 amide bonds. The molecule has 0 aromatic carbocycles. The minimum Gasteiger partial charge on any atom is -0.389 e. The molecule has 0 fully saturated rings. The third kappa shape index (κ3) is 1.73. The Morgan fingerprint density at radius 3 is 2.79 bits per heavy atom. The molecule has 0 aliphatic rings. The second kappa shape index (κ2) is 3.66. The van der Waals surface area contributed by atoms with Crippen LogP contribution >= 0.6 is 34.5 Å². The fourth-order valence-electron chi connectivity index (χ4n) is 1.23. The molecule has 2 nitrogen and oxygen atoms in total. The maximum atomic E-state index is 9.42. The molecule has 1 atom stereocenters. The predicted octanol–water partition coefficient (Wildman–Crippen LogP) is 3.66. The van der Waals surface area contributed by atoms with Crippen LogP contribution in [-0.2, 0) is 0 Å². The molecule has 14 heavy (non-hydrogen) atoms. The summed E-state index contributed by atoms with van der Waals surface area (Å²) in [6.45, 7) is 1.66. The van der Waals surface area contributed by atoms with Gasteiger partial charge in [-0.1, -0.05) is 23.2 Å². The van der Waals surface area contributed by atoms with E-state index in [2.05, 4.69) is 4.98 Å². The van der Waals surface area contributed by atoms with Gasteiger partial charge in [0.1, 0.15) is 9.98 Å². The van der Waals surface area contributed by atoms with Crippen molar-refractivity contribution in [3.63, 3.8) is 0 Å². The normalized spacial score (nSPS) is 13.4. The standard InChI is InChI=1S/C9H7Cl2NOS/c1-4(13)6-2-5-3-7(10)14-9(5)12-8(6)11/h2-4,13H,1H3. The van der Waals surface area contributed by atoms with E-state index in [0.717, 1.165) is 10.2 Å². The molecule has 2 aromatic heterocycles. The highest BCUT2D eigenvalue weighted by Crippen LogP contribution is 2.32. The molecule has 0 saturated carbocycles. The van der Waals surface area contributed by atoms with Crippen LogP contribution in [0.15, 0.2) is 12.1 Å². The van der Waals surface area contributed by atoms with Crippen LogP contribution in [0.3, 0.4) is 0 Å². The quantitative estimate of drug-likeness (QED) is 0.781. The molecule has 0 spiro atoms. The number of aliphatic hydroxyl groups is 1. The Balaban J connectivity index is 2.70. The zero-order valence-corrected chi connectivity index (χ0v) is 9.62. The molecule has 1 N–H and O–H groups in total. The highest BCUT2D eigenvalue weighted by Gasteiger charge is 2.11. The van der Waals surface area contributed by atoms with Gasteiger partial charge in [0.25, 0.3) is 0 Å². The fourth-order valence-corrected chi connectivity index (χ4v) is 2.66. The van der Waals surface area contributed by atoms with Crippen molar-refractivity contribution in [2.75, 3.05) is 0 Å². The number of aromatic nitrogens is 1. The van der Waals surface area contributed by atoms with E-state index in [0.29, 0.717) is 15.1 Å². The van der Waals surface area contributed by atoms with Gasteiger partial charge in [0.2, 0.25) is 0 Å².